The summed E-state index contributed by atoms with van der Waals surface area (Å²) in [6.45, 7) is 0.488. The normalized spacial score (nSPS) is 22.0. The molecule has 0 bridgehead atoms. The standard InChI is InChI=1S/C19H22N2O4/c1-25-16-9-5-2-6-13(16)12-20-17(22)10-11-21-18(23)14-7-3-4-8-15(14)19(21)24/h2-6,9,14-15H,7-8,10-12H2,1H3,(H,20,22)/t14-,15-/m0/s1. The molecule has 0 saturated carbocycles. The lowest BCUT2D eigenvalue weighted by molar-refractivity contribution is -0.140. The van der Waals surface area contributed by atoms with Gasteiger partial charge in [-0.15, -0.1) is 0 Å². The van der Waals surface area contributed by atoms with Crippen molar-refractivity contribution in [3.8, 4) is 5.75 Å². The van der Waals surface area contributed by atoms with Gasteiger partial charge in [-0.25, -0.2) is 0 Å². The molecule has 6 nitrogen and oxygen atoms in total. The fraction of sp³-hybridized carbons (Fsp3) is 0.421. The molecule has 0 spiro atoms. The number of nitrogens with zero attached hydrogens (tertiary/aromatic N) is 1. The number of benzene rings is 1. The van der Waals surface area contributed by atoms with Gasteiger partial charge in [-0.3, -0.25) is 19.3 Å². The van der Waals surface area contributed by atoms with Crippen molar-refractivity contribution in [1.82, 2.24) is 10.2 Å². The van der Waals surface area contributed by atoms with Crippen LogP contribution in [0.3, 0.4) is 0 Å². The van der Waals surface area contributed by atoms with Gasteiger partial charge in [0.1, 0.15) is 5.75 Å². The highest BCUT2D eigenvalue weighted by atomic mass is 16.5. The quantitative estimate of drug-likeness (QED) is 0.630. The lowest BCUT2D eigenvalue weighted by Crippen LogP contribution is -2.35. The van der Waals surface area contributed by atoms with Crippen molar-refractivity contribution >= 4 is 17.7 Å². The van der Waals surface area contributed by atoms with Gasteiger partial charge in [-0.05, 0) is 18.9 Å². The van der Waals surface area contributed by atoms with Gasteiger partial charge in [0.2, 0.25) is 17.7 Å². The zero-order chi connectivity index (χ0) is 17.8. The third-order valence-corrected chi connectivity index (χ3v) is 4.83. The number of nitrogens with one attached hydrogen (secondary N) is 1. The van der Waals surface area contributed by atoms with Crippen LogP contribution in [-0.4, -0.2) is 36.3 Å². The summed E-state index contributed by atoms with van der Waals surface area (Å²) in [4.78, 5) is 38.0. The molecule has 132 valence electrons. The van der Waals surface area contributed by atoms with E-state index in [4.69, 9.17) is 4.74 Å². The summed E-state index contributed by atoms with van der Waals surface area (Å²) in [6, 6.07) is 7.45. The molecule has 3 amide bonds. The van der Waals surface area contributed by atoms with E-state index in [1.54, 1.807) is 7.11 Å². The number of fused-ring (bicyclic) bond motifs is 1. The molecule has 1 fully saturated rings. The molecule has 1 saturated heterocycles. The van der Waals surface area contributed by atoms with Gasteiger partial charge >= 0.3 is 0 Å². The summed E-state index contributed by atoms with van der Waals surface area (Å²) in [7, 11) is 1.58. The highest BCUT2D eigenvalue weighted by Gasteiger charge is 2.46. The van der Waals surface area contributed by atoms with Crippen LogP contribution in [0.25, 0.3) is 0 Å². The molecule has 1 heterocycles. The number of amides is 3. The monoisotopic (exact) mass is 342 g/mol. The second-order valence-electron chi connectivity index (χ2n) is 6.32. The van der Waals surface area contributed by atoms with Crippen molar-refractivity contribution in [3.63, 3.8) is 0 Å². The van der Waals surface area contributed by atoms with E-state index in [-0.39, 0.29) is 42.5 Å². The first-order valence-electron chi connectivity index (χ1n) is 8.50. The van der Waals surface area contributed by atoms with Crippen LogP contribution in [-0.2, 0) is 20.9 Å². The fourth-order valence-electron chi connectivity index (χ4n) is 3.43. The predicted molar refractivity (Wildman–Crippen MR) is 91.5 cm³/mol. The Kier molecular flexibility index (Phi) is 5.16. The lowest BCUT2D eigenvalue weighted by atomic mass is 9.85. The van der Waals surface area contributed by atoms with Crippen LogP contribution < -0.4 is 10.1 Å². The molecule has 2 atom stereocenters. The van der Waals surface area contributed by atoms with Crippen LogP contribution >= 0.6 is 0 Å². The molecule has 0 unspecified atom stereocenters. The highest BCUT2D eigenvalue weighted by molar-refractivity contribution is 6.05. The number of allylic oxidation sites excluding steroid dienone is 2. The number of hydrogen-bond donors (Lipinski definition) is 1. The summed E-state index contributed by atoms with van der Waals surface area (Å²) in [6.07, 6.45) is 5.25. The lowest BCUT2D eigenvalue weighted by Gasteiger charge is -2.15. The minimum absolute atomic E-state index is 0.111. The summed E-state index contributed by atoms with van der Waals surface area (Å²) in [5.41, 5.74) is 0.878. The van der Waals surface area contributed by atoms with E-state index >= 15 is 0 Å². The van der Waals surface area contributed by atoms with E-state index in [0.29, 0.717) is 25.1 Å². The first kappa shape index (κ1) is 17.2. The fourth-order valence-corrected chi connectivity index (χ4v) is 3.43. The van der Waals surface area contributed by atoms with E-state index in [1.165, 1.54) is 4.90 Å². The number of imide groups is 1. The topological polar surface area (TPSA) is 75.7 Å². The maximum Gasteiger partial charge on any atom is 0.233 e. The van der Waals surface area contributed by atoms with Crippen molar-refractivity contribution in [3.05, 3.63) is 42.0 Å². The number of rotatable bonds is 6. The molecule has 25 heavy (non-hydrogen) atoms. The van der Waals surface area contributed by atoms with Gasteiger partial charge in [0.25, 0.3) is 0 Å². The van der Waals surface area contributed by atoms with Crippen LogP contribution in [0.2, 0.25) is 0 Å². The van der Waals surface area contributed by atoms with E-state index in [1.807, 2.05) is 36.4 Å². The summed E-state index contributed by atoms with van der Waals surface area (Å²) in [5, 5.41) is 2.81. The van der Waals surface area contributed by atoms with Crippen molar-refractivity contribution in [2.24, 2.45) is 11.8 Å². The third kappa shape index (κ3) is 3.57. The van der Waals surface area contributed by atoms with Gasteiger partial charge in [0.05, 0.1) is 18.9 Å². The van der Waals surface area contributed by atoms with E-state index in [0.717, 1.165) is 5.56 Å². The second kappa shape index (κ2) is 7.51. The Morgan fingerprint density at radius 3 is 2.44 bits per heavy atom. The van der Waals surface area contributed by atoms with Crippen LogP contribution in [0.15, 0.2) is 36.4 Å². The van der Waals surface area contributed by atoms with Crippen molar-refractivity contribution in [2.75, 3.05) is 13.7 Å². The number of ether oxygens (including phenoxy) is 1. The average Bonchev–Trinajstić information content (AvgIpc) is 2.89. The Morgan fingerprint density at radius 1 is 1.16 bits per heavy atom. The number of methoxy groups -OCH3 is 1. The number of likely N-dealkylation sites (tertiary alicyclic amines) is 1. The maximum atomic E-state index is 12.3. The Balaban J connectivity index is 1.51. The molecule has 2 aliphatic rings. The van der Waals surface area contributed by atoms with E-state index in [2.05, 4.69) is 5.32 Å². The van der Waals surface area contributed by atoms with Crippen LogP contribution in [0, 0.1) is 11.8 Å². The number of carbonyl (C=O) groups is 3. The molecule has 1 aromatic rings. The Hall–Kier alpha value is -2.63. The molecule has 1 aliphatic carbocycles. The summed E-state index contributed by atoms with van der Waals surface area (Å²) in [5.74, 6) is -0.249. The molecule has 0 radical (unpaired) electrons. The van der Waals surface area contributed by atoms with Crippen molar-refractivity contribution in [1.29, 1.82) is 0 Å². The number of para-hydroxylation sites is 1. The van der Waals surface area contributed by atoms with Gasteiger partial charge in [0.15, 0.2) is 0 Å². The molecule has 0 aromatic heterocycles. The van der Waals surface area contributed by atoms with Crippen LogP contribution in [0.1, 0.15) is 24.8 Å². The SMILES string of the molecule is COc1ccccc1CNC(=O)CCN1C(=O)[C@H]2CC=CC[C@@H]2C1=O. The van der Waals surface area contributed by atoms with Gasteiger partial charge < -0.3 is 10.1 Å². The first-order chi connectivity index (χ1) is 12.1. The minimum atomic E-state index is -0.242. The zero-order valence-corrected chi connectivity index (χ0v) is 14.2. The smallest absolute Gasteiger partial charge is 0.233 e. The second-order valence-corrected chi connectivity index (χ2v) is 6.32. The van der Waals surface area contributed by atoms with Gasteiger partial charge in [0, 0.05) is 25.1 Å². The Morgan fingerprint density at radius 2 is 1.80 bits per heavy atom. The van der Waals surface area contributed by atoms with Crippen LogP contribution in [0.5, 0.6) is 5.75 Å². The Bertz CT molecular complexity index is 687. The molecule has 6 heteroatoms. The molecular formula is C19H22N2O4. The van der Waals surface area contributed by atoms with Gasteiger partial charge in [-0.1, -0.05) is 30.4 Å². The minimum Gasteiger partial charge on any atom is -0.496 e. The molecule has 1 aliphatic heterocycles. The van der Waals surface area contributed by atoms with Crippen molar-refractivity contribution < 1.29 is 19.1 Å². The number of hydrogen-bond acceptors (Lipinski definition) is 4. The number of carbonyl (C=O) groups excluding carboxylic acids is 3. The summed E-state index contributed by atoms with van der Waals surface area (Å²) >= 11 is 0. The predicted octanol–water partition coefficient (Wildman–Crippen LogP) is 1.65. The van der Waals surface area contributed by atoms with E-state index in [9.17, 15) is 14.4 Å². The zero-order valence-electron chi connectivity index (χ0n) is 14.2. The first-order valence-corrected chi connectivity index (χ1v) is 8.50. The summed E-state index contributed by atoms with van der Waals surface area (Å²) < 4.78 is 5.25. The van der Waals surface area contributed by atoms with Crippen LogP contribution in [0.4, 0.5) is 0 Å². The maximum absolute atomic E-state index is 12.3. The van der Waals surface area contributed by atoms with Gasteiger partial charge in [-0.2, -0.15) is 0 Å². The largest absolute Gasteiger partial charge is 0.496 e. The van der Waals surface area contributed by atoms with E-state index < -0.39 is 0 Å². The molecule has 1 N–H and O–H groups in total. The average molecular weight is 342 g/mol. The third-order valence-electron chi connectivity index (χ3n) is 4.83. The molecule has 3 rings (SSSR count). The van der Waals surface area contributed by atoms with Crippen molar-refractivity contribution in [2.45, 2.75) is 25.8 Å². The molecule has 1 aromatic carbocycles. The highest BCUT2D eigenvalue weighted by Crippen LogP contribution is 2.34. The molecular weight excluding hydrogens is 320 g/mol. The Labute approximate surface area is 146 Å².